The second-order valence-corrected chi connectivity index (χ2v) is 22.3. The molecule has 0 aliphatic heterocycles. The van der Waals surface area contributed by atoms with E-state index in [1.807, 2.05) is 12.1 Å². The summed E-state index contributed by atoms with van der Waals surface area (Å²) >= 11 is 0. The molecule has 0 aliphatic rings. The first-order valence-electron chi connectivity index (χ1n) is 29.4. The summed E-state index contributed by atoms with van der Waals surface area (Å²) in [5.41, 5.74) is 18.8. The van der Waals surface area contributed by atoms with Crippen molar-refractivity contribution in [2.24, 2.45) is 0 Å². The Morgan fingerprint density at radius 1 is 0.198 bits per heavy atom. The number of hydrogen-bond donors (Lipinski definition) is 0. The molecule has 4 nitrogen and oxygen atoms in total. The van der Waals surface area contributed by atoms with Crippen LogP contribution in [0.3, 0.4) is 0 Å². The average molecular weight is 1100 g/mol. The van der Waals surface area contributed by atoms with Gasteiger partial charge in [-0.2, -0.15) is 0 Å². The van der Waals surface area contributed by atoms with Gasteiger partial charge in [-0.3, -0.25) is 0 Å². The van der Waals surface area contributed by atoms with Gasteiger partial charge in [-0.25, -0.2) is 0 Å². The molecule has 2 heterocycles. The normalized spacial score (nSPS) is 11.7. The van der Waals surface area contributed by atoms with E-state index in [-0.39, 0.29) is 0 Å². The van der Waals surface area contributed by atoms with Crippen LogP contribution in [-0.2, 0) is 0 Å². The van der Waals surface area contributed by atoms with E-state index in [0.29, 0.717) is 0 Å². The summed E-state index contributed by atoms with van der Waals surface area (Å²) in [6, 6.07) is 115. The Kier molecular flexibility index (Phi) is 11.5. The molecule has 0 atom stereocenters. The van der Waals surface area contributed by atoms with Crippen molar-refractivity contribution in [1.82, 2.24) is 0 Å². The summed E-state index contributed by atoms with van der Waals surface area (Å²) in [7, 11) is 0. The smallest absolute Gasteiger partial charge is 0.137 e. The number of para-hydroxylation sites is 2. The van der Waals surface area contributed by atoms with Crippen LogP contribution in [-0.4, -0.2) is 0 Å². The molecule has 0 saturated heterocycles. The van der Waals surface area contributed by atoms with E-state index in [1.165, 1.54) is 32.7 Å². The van der Waals surface area contributed by atoms with Crippen LogP contribution in [0.2, 0.25) is 0 Å². The summed E-state index contributed by atoms with van der Waals surface area (Å²) < 4.78 is 13.3. The predicted molar refractivity (Wildman–Crippen MR) is 362 cm³/mol. The summed E-state index contributed by atoms with van der Waals surface area (Å²) in [6.45, 7) is 0. The molecule has 2 aromatic heterocycles. The van der Waals surface area contributed by atoms with E-state index in [1.54, 1.807) is 0 Å². The van der Waals surface area contributed by atoms with E-state index >= 15 is 0 Å². The maximum atomic E-state index is 6.63. The second-order valence-electron chi connectivity index (χ2n) is 22.3. The molecule has 0 fully saturated rings. The van der Waals surface area contributed by atoms with E-state index in [9.17, 15) is 0 Å². The third kappa shape index (κ3) is 8.22. The maximum Gasteiger partial charge on any atom is 0.137 e. The summed E-state index contributed by atoms with van der Waals surface area (Å²) in [6.07, 6.45) is 0. The molecule has 15 aromatic carbocycles. The van der Waals surface area contributed by atoms with Gasteiger partial charge in [0.25, 0.3) is 0 Å². The first-order valence-corrected chi connectivity index (χ1v) is 29.4. The van der Waals surface area contributed by atoms with E-state index in [2.05, 4.69) is 313 Å². The fraction of sp³-hybridized carbons (Fsp3) is 0. The Balaban J connectivity index is 0.966. The quantitative estimate of drug-likeness (QED) is 0.128. The summed E-state index contributed by atoms with van der Waals surface area (Å²) in [4.78, 5) is 4.85. The lowest BCUT2D eigenvalue weighted by molar-refractivity contribution is 0.668. The molecule has 4 heteroatoms. The summed E-state index contributed by atoms with van der Waals surface area (Å²) in [5.74, 6) is 0. The van der Waals surface area contributed by atoms with Gasteiger partial charge < -0.3 is 18.6 Å². The van der Waals surface area contributed by atoms with E-state index < -0.39 is 0 Å². The molecular formula is C82H52N2O2. The standard InChI is InChI=1S/C82H52N2O2/c1-3-17-53(18-4-1)57-37-41-63(42-38-57)83(73-27-15-31-77-81(73)69-25-11-13-29-75(69)85-77)65-45-47-67-71(51-65)79(61-35-33-55-21-7-9-23-59(55)49-61)68-48-46-66(52-72(68)80(67)62-36-34-56-22-8-10-24-60(56)50-62)84(64-43-39-58(40-44-64)54-19-5-2-6-20-54)74-28-16-32-78-82(74)70-26-12-14-30-76(70)86-78/h1-52H. The molecule has 0 amide bonds. The van der Waals surface area contributed by atoms with Crippen LogP contribution >= 0.6 is 0 Å². The molecule has 0 bridgehead atoms. The number of rotatable bonds is 10. The van der Waals surface area contributed by atoms with Crippen molar-refractivity contribution < 1.29 is 8.83 Å². The average Bonchev–Trinajstić information content (AvgIpc) is 0.914. The molecule has 0 saturated carbocycles. The lowest BCUT2D eigenvalue weighted by Gasteiger charge is -2.29. The lowest BCUT2D eigenvalue weighted by Crippen LogP contribution is -2.11. The first kappa shape index (κ1) is 49.2. The molecule has 0 unspecified atom stereocenters. The van der Waals surface area contributed by atoms with Crippen molar-refractivity contribution in [3.63, 3.8) is 0 Å². The SMILES string of the molecule is c1ccc(-c2ccc(N(c3ccc4c(-c5ccc6ccccc6c5)c5cc(N(c6ccc(-c7ccccc7)cc6)c6cccc7oc8ccccc8c67)ccc5c(-c5ccc6ccccc6c5)c4c3)c3cccc4oc5ccccc5c34)cc2)cc1. The van der Waals surface area contributed by atoms with Crippen LogP contribution in [0, 0.1) is 0 Å². The van der Waals surface area contributed by atoms with Crippen LogP contribution < -0.4 is 9.80 Å². The van der Waals surface area contributed by atoms with Crippen molar-refractivity contribution >= 4 is 121 Å². The van der Waals surface area contributed by atoms with Gasteiger partial charge >= 0.3 is 0 Å². The van der Waals surface area contributed by atoms with E-state index in [0.717, 1.165) is 133 Å². The van der Waals surface area contributed by atoms with Crippen molar-refractivity contribution in [1.29, 1.82) is 0 Å². The number of hydrogen-bond acceptors (Lipinski definition) is 4. The highest BCUT2D eigenvalue weighted by molar-refractivity contribution is 6.24. The highest BCUT2D eigenvalue weighted by Crippen LogP contribution is 2.51. The van der Waals surface area contributed by atoms with Crippen LogP contribution in [0.25, 0.3) is 131 Å². The third-order valence-electron chi connectivity index (χ3n) is 17.4. The fourth-order valence-electron chi connectivity index (χ4n) is 13.4. The van der Waals surface area contributed by atoms with Gasteiger partial charge in [0, 0.05) is 33.5 Å². The minimum absolute atomic E-state index is 0.839. The molecule has 0 radical (unpaired) electrons. The Morgan fingerprint density at radius 2 is 0.547 bits per heavy atom. The minimum atomic E-state index is 0.839. The zero-order chi connectivity index (χ0) is 56.7. The third-order valence-corrected chi connectivity index (χ3v) is 17.4. The molecule has 402 valence electrons. The summed E-state index contributed by atoms with van der Waals surface area (Å²) in [5, 5.41) is 13.6. The van der Waals surface area contributed by atoms with Gasteiger partial charge in [0.15, 0.2) is 0 Å². The number of furan rings is 2. The molecular weight excluding hydrogens is 1040 g/mol. The van der Waals surface area contributed by atoms with E-state index in [4.69, 9.17) is 8.83 Å². The highest BCUT2D eigenvalue weighted by Gasteiger charge is 2.26. The molecule has 17 aromatic rings. The van der Waals surface area contributed by atoms with Gasteiger partial charge in [-0.15, -0.1) is 0 Å². The Bertz CT molecular complexity index is 5130. The van der Waals surface area contributed by atoms with Crippen LogP contribution in [0.4, 0.5) is 34.1 Å². The predicted octanol–water partition coefficient (Wildman–Crippen LogP) is 23.7. The zero-order valence-electron chi connectivity index (χ0n) is 46.7. The molecule has 0 N–H and O–H groups in total. The monoisotopic (exact) mass is 1100 g/mol. The van der Waals surface area contributed by atoms with Crippen LogP contribution in [0.5, 0.6) is 0 Å². The van der Waals surface area contributed by atoms with Gasteiger partial charge in [0.05, 0.1) is 22.1 Å². The molecule has 86 heavy (non-hydrogen) atoms. The van der Waals surface area contributed by atoms with Crippen molar-refractivity contribution in [3.05, 3.63) is 315 Å². The van der Waals surface area contributed by atoms with Gasteiger partial charge in [0.2, 0.25) is 0 Å². The Labute approximate surface area is 496 Å². The van der Waals surface area contributed by atoms with Gasteiger partial charge in [0.1, 0.15) is 22.3 Å². The minimum Gasteiger partial charge on any atom is -0.456 e. The Morgan fingerprint density at radius 3 is 0.988 bits per heavy atom. The Hall–Kier alpha value is -11.5. The highest BCUT2D eigenvalue weighted by atomic mass is 16.3. The topological polar surface area (TPSA) is 32.8 Å². The number of benzene rings is 15. The fourth-order valence-corrected chi connectivity index (χ4v) is 13.4. The maximum absolute atomic E-state index is 6.63. The van der Waals surface area contributed by atoms with Crippen molar-refractivity contribution in [2.45, 2.75) is 0 Å². The van der Waals surface area contributed by atoms with Gasteiger partial charge in [-0.05, 0) is 185 Å². The molecule has 17 rings (SSSR count). The molecule has 0 spiro atoms. The number of anilines is 6. The second kappa shape index (κ2) is 20.2. The number of nitrogens with zero attached hydrogens (tertiary/aromatic N) is 2. The van der Waals surface area contributed by atoms with Gasteiger partial charge in [-0.1, -0.05) is 218 Å². The van der Waals surface area contributed by atoms with Crippen molar-refractivity contribution in [2.75, 3.05) is 9.80 Å². The zero-order valence-corrected chi connectivity index (χ0v) is 46.7. The largest absolute Gasteiger partial charge is 0.456 e. The first-order chi connectivity index (χ1) is 42.6. The lowest BCUT2D eigenvalue weighted by atomic mass is 9.84. The molecule has 0 aliphatic carbocycles. The van der Waals surface area contributed by atoms with Crippen LogP contribution in [0.15, 0.2) is 324 Å². The number of fused-ring (bicyclic) bond motifs is 10. The van der Waals surface area contributed by atoms with Crippen LogP contribution in [0.1, 0.15) is 0 Å². The van der Waals surface area contributed by atoms with Crippen molar-refractivity contribution in [3.8, 4) is 44.5 Å².